The Kier molecular flexibility index (Phi) is 4.88. The highest BCUT2D eigenvalue weighted by Gasteiger charge is 2.17. The van der Waals surface area contributed by atoms with E-state index in [0.29, 0.717) is 6.04 Å². The van der Waals surface area contributed by atoms with Crippen molar-refractivity contribution in [2.45, 2.75) is 31.7 Å². The van der Waals surface area contributed by atoms with Crippen LogP contribution in [0.4, 0.5) is 0 Å². The van der Waals surface area contributed by atoms with Crippen LogP contribution in [0.2, 0.25) is 5.02 Å². The second-order valence-electron chi connectivity index (χ2n) is 4.42. The third-order valence-electron chi connectivity index (χ3n) is 3.26. The Morgan fingerprint density at radius 3 is 2.76 bits per heavy atom. The number of likely N-dealkylation sites (N-methyl/N-ethyl adjacent to an activating group) is 1. The van der Waals surface area contributed by atoms with Gasteiger partial charge in [0, 0.05) is 3.57 Å². The summed E-state index contributed by atoms with van der Waals surface area (Å²) < 4.78 is 1.11. The molecule has 0 aliphatic heterocycles. The highest BCUT2D eigenvalue weighted by molar-refractivity contribution is 14.1. The quantitative estimate of drug-likeness (QED) is 0.607. The summed E-state index contributed by atoms with van der Waals surface area (Å²) in [5.74, 6) is 0. The fourth-order valence-corrected chi connectivity index (χ4v) is 2.91. The molecule has 17 heavy (non-hydrogen) atoms. The van der Waals surface area contributed by atoms with Crippen molar-refractivity contribution in [2.24, 2.45) is 0 Å². The van der Waals surface area contributed by atoms with E-state index in [2.05, 4.69) is 52.2 Å². The molecule has 1 atom stereocenters. The van der Waals surface area contributed by atoms with Gasteiger partial charge in [0.15, 0.2) is 0 Å². The standard InChI is InChI=1S/C14H17ClIN/c1-17-14(10-5-3-2-4-6-10)11-7-8-13(16)12(15)9-11/h5,7-9,14,17H,2-4,6H2,1H3. The molecule has 1 N–H and O–H groups in total. The van der Waals surface area contributed by atoms with E-state index in [1.54, 1.807) is 0 Å². The summed E-state index contributed by atoms with van der Waals surface area (Å²) in [5.41, 5.74) is 2.78. The van der Waals surface area contributed by atoms with Crippen LogP contribution < -0.4 is 5.32 Å². The van der Waals surface area contributed by atoms with Crippen LogP contribution in [0.15, 0.2) is 29.8 Å². The smallest absolute Gasteiger partial charge is 0.0542 e. The first-order valence-corrected chi connectivity index (χ1v) is 7.49. The van der Waals surface area contributed by atoms with Crippen molar-refractivity contribution in [2.75, 3.05) is 7.05 Å². The normalized spacial score (nSPS) is 17.7. The summed E-state index contributed by atoms with van der Waals surface area (Å²) in [6, 6.07) is 6.67. The highest BCUT2D eigenvalue weighted by Crippen LogP contribution is 2.31. The van der Waals surface area contributed by atoms with Crippen LogP contribution in [-0.4, -0.2) is 7.05 Å². The largest absolute Gasteiger partial charge is 0.310 e. The molecule has 0 radical (unpaired) electrons. The lowest BCUT2D eigenvalue weighted by molar-refractivity contribution is 0.593. The molecule has 3 heteroatoms. The van der Waals surface area contributed by atoms with Gasteiger partial charge in [-0.05, 0) is 73.0 Å². The van der Waals surface area contributed by atoms with Crippen LogP contribution in [0.5, 0.6) is 0 Å². The maximum atomic E-state index is 6.20. The third kappa shape index (κ3) is 3.24. The number of hydrogen-bond donors (Lipinski definition) is 1. The third-order valence-corrected chi connectivity index (χ3v) is 4.83. The molecule has 1 aromatic rings. The van der Waals surface area contributed by atoms with E-state index < -0.39 is 0 Å². The first-order valence-electron chi connectivity index (χ1n) is 6.03. The van der Waals surface area contributed by atoms with Crippen molar-refractivity contribution in [1.82, 2.24) is 5.32 Å². The summed E-state index contributed by atoms with van der Waals surface area (Å²) >= 11 is 8.46. The van der Waals surface area contributed by atoms with Crippen LogP contribution in [-0.2, 0) is 0 Å². The highest BCUT2D eigenvalue weighted by atomic mass is 127. The van der Waals surface area contributed by atoms with Gasteiger partial charge in [-0.1, -0.05) is 29.3 Å². The van der Waals surface area contributed by atoms with Crippen molar-refractivity contribution in [3.8, 4) is 0 Å². The van der Waals surface area contributed by atoms with Crippen LogP contribution in [0.1, 0.15) is 37.3 Å². The molecule has 0 saturated heterocycles. The van der Waals surface area contributed by atoms with Gasteiger partial charge >= 0.3 is 0 Å². The molecular formula is C14H17ClIN. The molecule has 0 aromatic heterocycles. The minimum Gasteiger partial charge on any atom is -0.310 e. The predicted octanol–water partition coefficient (Wildman–Crippen LogP) is 4.71. The molecule has 0 amide bonds. The van der Waals surface area contributed by atoms with Crippen molar-refractivity contribution >= 4 is 34.2 Å². The Morgan fingerprint density at radius 2 is 2.18 bits per heavy atom. The molecule has 0 saturated carbocycles. The molecule has 0 heterocycles. The maximum absolute atomic E-state index is 6.20. The van der Waals surface area contributed by atoms with Gasteiger partial charge in [-0.15, -0.1) is 0 Å². The molecule has 0 bridgehead atoms. The summed E-state index contributed by atoms with van der Waals surface area (Å²) in [6.45, 7) is 0. The lowest BCUT2D eigenvalue weighted by Gasteiger charge is -2.23. The van der Waals surface area contributed by atoms with Crippen LogP contribution in [0, 0.1) is 3.57 Å². The molecule has 1 aromatic carbocycles. The lowest BCUT2D eigenvalue weighted by Crippen LogP contribution is -2.19. The zero-order valence-electron chi connectivity index (χ0n) is 9.97. The zero-order valence-corrected chi connectivity index (χ0v) is 12.9. The van der Waals surface area contributed by atoms with Crippen molar-refractivity contribution in [3.63, 3.8) is 0 Å². The average molecular weight is 362 g/mol. The van der Waals surface area contributed by atoms with E-state index in [-0.39, 0.29) is 0 Å². The van der Waals surface area contributed by atoms with Gasteiger partial charge in [-0.3, -0.25) is 0 Å². The van der Waals surface area contributed by atoms with Gasteiger partial charge in [0.25, 0.3) is 0 Å². The first-order chi connectivity index (χ1) is 8.22. The van der Waals surface area contributed by atoms with Crippen molar-refractivity contribution in [3.05, 3.63) is 44.0 Å². The summed E-state index contributed by atoms with van der Waals surface area (Å²) in [7, 11) is 2.02. The fourth-order valence-electron chi connectivity index (χ4n) is 2.38. The topological polar surface area (TPSA) is 12.0 Å². The molecule has 2 rings (SSSR count). The van der Waals surface area contributed by atoms with Crippen LogP contribution >= 0.6 is 34.2 Å². The Labute approximate surface area is 122 Å². The molecule has 0 spiro atoms. The van der Waals surface area contributed by atoms with E-state index in [0.717, 1.165) is 8.59 Å². The average Bonchev–Trinajstić information content (AvgIpc) is 2.36. The summed E-state index contributed by atoms with van der Waals surface area (Å²) in [4.78, 5) is 0. The number of allylic oxidation sites excluding steroid dienone is 1. The molecule has 92 valence electrons. The lowest BCUT2D eigenvalue weighted by atomic mass is 9.90. The first kappa shape index (κ1) is 13.4. The van der Waals surface area contributed by atoms with E-state index in [9.17, 15) is 0 Å². The van der Waals surface area contributed by atoms with E-state index in [4.69, 9.17) is 11.6 Å². The molecule has 1 nitrogen and oxygen atoms in total. The van der Waals surface area contributed by atoms with Gasteiger partial charge in [0.2, 0.25) is 0 Å². The molecule has 1 aliphatic rings. The zero-order chi connectivity index (χ0) is 12.3. The molecular weight excluding hydrogens is 345 g/mol. The number of hydrogen-bond acceptors (Lipinski definition) is 1. The fraction of sp³-hybridized carbons (Fsp3) is 0.429. The number of benzene rings is 1. The Morgan fingerprint density at radius 1 is 1.35 bits per heavy atom. The Bertz CT molecular complexity index is 428. The van der Waals surface area contributed by atoms with E-state index >= 15 is 0 Å². The maximum Gasteiger partial charge on any atom is 0.0542 e. The van der Waals surface area contributed by atoms with Crippen molar-refractivity contribution < 1.29 is 0 Å². The van der Waals surface area contributed by atoms with Gasteiger partial charge in [0.1, 0.15) is 0 Å². The predicted molar refractivity (Wildman–Crippen MR) is 82.5 cm³/mol. The second-order valence-corrected chi connectivity index (χ2v) is 5.99. The van der Waals surface area contributed by atoms with Gasteiger partial charge < -0.3 is 5.32 Å². The number of halogens is 2. The van der Waals surface area contributed by atoms with Gasteiger partial charge in [-0.25, -0.2) is 0 Å². The number of rotatable bonds is 3. The summed E-state index contributed by atoms with van der Waals surface area (Å²) in [6.07, 6.45) is 7.44. The van der Waals surface area contributed by atoms with Crippen LogP contribution in [0.3, 0.4) is 0 Å². The van der Waals surface area contributed by atoms with Gasteiger partial charge in [-0.2, -0.15) is 0 Å². The minimum absolute atomic E-state index is 0.324. The van der Waals surface area contributed by atoms with E-state index in [1.807, 2.05) is 7.05 Å². The molecule has 1 aliphatic carbocycles. The monoisotopic (exact) mass is 361 g/mol. The number of nitrogens with one attached hydrogen (secondary N) is 1. The SMILES string of the molecule is CNC(C1=CCCCC1)c1ccc(I)c(Cl)c1. The Balaban J connectivity index is 2.28. The molecule has 1 unspecified atom stereocenters. The van der Waals surface area contributed by atoms with Crippen LogP contribution in [0.25, 0.3) is 0 Å². The Hall–Kier alpha value is -0.0600. The molecule has 0 fully saturated rings. The van der Waals surface area contributed by atoms with E-state index in [1.165, 1.54) is 36.8 Å². The minimum atomic E-state index is 0.324. The summed E-state index contributed by atoms with van der Waals surface area (Å²) in [5, 5.41) is 4.25. The van der Waals surface area contributed by atoms with Crippen molar-refractivity contribution in [1.29, 1.82) is 0 Å². The van der Waals surface area contributed by atoms with Gasteiger partial charge in [0.05, 0.1) is 11.1 Å². The second kappa shape index (κ2) is 6.21.